The van der Waals surface area contributed by atoms with E-state index in [2.05, 4.69) is 12.1 Å². The van der Waals surface area contributed by atoms with Crippen LogP contribution in [0, 0.1) is 11.3 Å². The van der Waals surface area contributed by atoms with Gasteiger partial charge in [0.05, 0.1) is 11.6 Å². The molecule has 0 unspecified atom stereocenters. The number of hydrogen-bond acceptors (Lipinski definition) is 8. The maximum Gasteiger partial charge on any atom is 0.164 e. The van der Waals surface area contributed by atoms with Crippen LogP contribution >= 0.6 is 0 Å². The van der Waals surface area contributed by atoms with Crippen LogP contribution in [0.1, 0.15) is 5.56 Å². The molecule has 0 atom stereocenters. The minimum absolute atomic E-state index is 0.524. The third-order valence-corrected chi connectivity index (χ3v) is 9.83. The highest BCUT2D eigenvalue weighted by molar-refractivity contribution is 6.12. The molecule has 8 nitrogen and oxygen atoms in total. The van der Waals surface area contributed by atoms with E-state index in [0.717, 1.165) is 60.9 Å². The van der Waals surface area contributed by atoms with Crippen LogP contribution < -0.4 is 0 Å². The van der Waals surface area contributed by atoms with Gasteiger partial charge in [0.1, 0.15) is 11.2 Å². The number of furan rings is 1. The average molecular weight is 732 g/mol. The monoisotopic (exact) mass is 731 g/mol. The van der Waals surface area contributed by atoms with Crippen molar-refractivity contribution < 1.29 is 4.42 Å². The Labute approximate surface area is 327 Å². The second kappa shape index (κ2) is 14.3. The second-order valence-corrected chi connectivity index (χ2v) is 13.5. The molecule has 3 heterocycles. The maximum atomic E-state index is 9.42. The third-order valence-electron chi connectivity index (χ3n) is 9.83. The van der Waals surface area contributed by atoms with E-state index in [-0.39, 0.29) is 0 Å². The molecule has 57 heavy (non-hydrogen) atoms. The second-order valence-electron chi connectivity index (χ2n) is 13.5. The van der Waals surface area contributed by atoms with Gasteiger partial charge in [0, 0.05) is 44.2 Å². The standard InChI is InChI=1S/C49H29N7O/c50-30-31-12-10-19-37(28-31)32-22-24-36(25-23-32)47-51-44(33-13-4-1-5-14-33)53-48(54-47)38-26-27-41-40(29-38)43-39(20-11-21-42(43)57-41)49-55-45(34-15-6-2-7-16-34)52-46(56-49)35-17-8-3-9-18-35/h1-29H. The average Bonchev–Trinajstić information content (AvgIpc) is 3.68. The van der Waals surface area contributed by atoms with E-state index in [4.69, 9.17) is 34.3 Å². The van der Waals surface area contributed by atoms with E-state index in [9.17, 15) is 5.26 Å². The van der Waals surface area contributed by atoms with E-state index < -0.39 is 0 Å². The molecule has 10 rings (SSSR count). The minimum Gasteiger partial charge on any atom is -0.456 e. The first-order valence-electron chi connectivity index (χ1n) is 18.4. The smallest absolute Gasteiger partial charge is 0.164 e. The molecule has 0 aliphatic rings. The highest BCUT2D eigenvalue weighted by Gasteiger charge is 2.20. The quantitative estimate of drug-likeness (QED) is 0.159. The van der Waals surface area contributed by atoms with Gasteiger partial charge in [-0.1, -0.05) is 140 Å². The topological polar surface area (TPSA) is 114 Å². The zero-order valence-corrected chi connectivity index (χ0v) is 30.3. The van der Waals surface area contributed by atoms with Crippen LogP contribution in [-0.2, 0) is 0 Å². The van der Waals surface area contributed by atoms with Crippen molar-refractivity contribution in [2.45, 2.75) is 0 Å². The molecular weight excluding hydrogens is 703 g/mol. The van der Waals surface area contributed by atoms with Gasteiger partial charge in [0.25, 0.3) is 0 Å². The van der Waals surface area contributed by atoms with Gasteiger partial charge in [-0.25, -0.2) is 29.9 Å². The molecule has 8 heteroatoms. The van der Waals surface area contributed by atoms with Crippen LogP contribution in [0.4, 0.5) is 0 Å². The fourth-order valence-electron chi connectivity index (χ4n) is 7.01. The molecule has 0 N–H and O–H groups in total. The van der Waals surface area contributed by atoms with Crippen LogP contribution in [0.25, 0.3) is 101 Å². The van der Waals surface area contributed by atoms with Crippen LogP contribution in [-0.4, -0.2) is 29.9 Å². The molecule has 0 radical (unpaired) electrons. The summed E-state index contributed by atoms with van der Waals surface area (Å²) >= 11 is 0. The molecule has 0 saturated carbocycles. The summed E-state index contributed by atoms with van der Waals surface area (Å²) in [4.78, 5) is 30.0. The fourth-order valence-corrected chi connectivity index (χ4v) is 7.01. The summed E-state index contributed by atoms with van der Waals surface area (Å²) in [5.41, 5.74) is 9.13. The van der Waals surface area contributed by atoms with Crippen molar-refractivity contribution in [1.29, 1.82) is 5.26 Å². The maximum absolute atomic E-state index is 9.42. The lowest BCUT2D eigenvalue weighted by Gasteiger charge is -2.10. The van der Waals surface area contributed by atoms with Crippen molar-refractivity contribution >= 4 is 21.9 Å². The normalized spacial score (nSPS) is 11.1. The number of aromatic nitrogens is 6. The van der Waals surface area contributed by atoms with Crippen molar-refractivity contribution in [2.75, 3.05) is 0 Å². The van der Waals surface area contributed by atoms with Crippen molar-refractivity contribution in [3.63, 3.8) is 0 Å². The highest BCUT2D eigenvalue weighted by atomic mass is 16.3. The Balaban J connectivity index is 1.12. The molecule has 0 aliphatic carbocycles. The Morgan fingerprint density at radius 3 is 1.37 bits per heavy atom. The molecule has 0 amide bonds. The number of hydrogen-bond donors (Lipinski definition) is 0. The highest BCUT2D eigenvalue weighted by Crippen LogP contribution is 2.38. The number of benzene rings is 7. The zero-order chi connectivity index (χ0) is 38.1. The molecule has 0 spiro atoms. The summed E-state index contributed by atoms with van der Waals surface area (Å²) in [6.07, 6.45) is 0. The van der Waals surface area contributed by atoms with Gasteiger partial charge in [-0.3, -0.25) is 0 Å². The summed E-state index contributed by atoms with van der Waals surface area (Å²) in [6.45, 7) is 0. The summed E-state index contributed by atoms with van der Waals surface area (Å²) < 4.78 is 6.44. The van der Waals surface area contributed by atoms with Gasteiger partial charge in [0.15, 0.2) is 34.9 Å². The molecule has 0 aliphatic heterocycles. The Morgan fingerprint density at radius 1 is 0.351 bits per heavy atom. The van der Waals surface area contributed by atoms with Gasteiger partial charge in [-0.2, -0.15) is 5.26 Å². The van der Waals surface area contributed by atoms with Crippen LogP contribution in [0.5, 0.6) is 0 Å². The first-order valence-corrected chi connectivity index (χ1v) is 18.4. The van der Waals surface area contributed by atoms with Crippen LogP contribution in [0.2, 0.25) is 0 Å². The Kier molecular flexibility index (Phi) is 8.36. The van der Waals surface area contributed by atoms with Gasteiger partial charge >= 0.3 is 0 Å². The van der Waals surface area contributed by atoms with Gasteiger partial charge in [-0.15, -0.1) is 0 Å². The largest absolute Gasteiger partial charge is 0.456 e. The van der Waals surface area contributed by atoms with Crippen molar-refractivity contribution in [2.24, 2.45) is 0 Å². The van der Waals surface area contributed by atoms with E-state index in [1.54, 1.807) is 6.07 Å². The lowest BCUT2D eigenvalue weighted by molar-refractivity contribution is 0.669. The number of nitriles is 1. The number of nitrogens with zero attached hydrogens (tertiary/aromatic N) is 7. The summed E-state index contributed by atoms with van der Waals surface area (Å²) in [5.74, 6) is 3.33. The van der Waals surface area contributed by atoms with Gasteiger partial charge < -0.3 is 4.42 Å². The van der Waals surface area contributed by atoms with Crippen molar-refractivity contribution in [3.8, 4) is 85.5 Å². The molecule has 10 aromatic rings. The molecule has 266 valence electrons. The summed E-state index contributed by atoms with van der Waals surface area (Å²) in [6, 6.07) is 59.6. The Bertz CT molecular complexity index is 3060. The van der Waals surface area contributed by atoms with Crippen molar-refractivity contribution in [1.82, 2.24) is 29.9 Å². The predicted octanol–water partition coefficient (Wildman–Crippen LogP) is 11.5. The minimum atomic E-state index is 0.524. The van der Waals surface area contributed by atoms with E-state index in [1.807, 2.05) is 164 Å². The zero-order valence-electron chi connectivity index (χ0n) is 30.3. The van der Waals surface area contributed by atoms with E-state index in [1.165, 1.54) is 0 Å². The first-order chi connectivity index (χ1) is 28.2. The predicted molar refractivity (Wildman–Crippen MR) is 223 cm³/mol. The van der Waals surface area contributed by atoms with E-state index >= 15 is 0 Å². The molecular formula is C49H29N7O. The Hall–Kier alpha value is -8.15. The Morgan fingerprint density at radius 2 is 0.807 bits per heavy atom. The molecule has 0 fully saturated rings. The SMILES string of the molecule is N#Cc1cccc(-c2ccc(-c3nc(-c4ccccc4)nc(-c4ccc5oc6cccc(-c7nc(-c8ccccc8)nc(-c8ccccc8)n7)c6c5c4)n3)cc2)c1. The molecule has 3 aromatic heterocycles. The van der Waals surface area contributed by atoms with E-state index in [0.29, 0.717) is 46.1 Å². The van der Waals surface area contributed by atoms with Crippen molar-refractivity contribution in [3.05, 3.63) is 181 Å². The number of rotatable bonds is 7. The third kappa shape index (κ3) is 6.45. The number of fused-ring (bicyclic) bond motifs is 3. The van der Waals surface area contributed by atoms with Crippen LogP contribution in [0.15, 0.2) is 180 Å². The fraction of sp³-hybridized carbons (Fsp3) is 0. The first kappa shape index (κ1) is 33.4. The van der Waals surface area contributed by atoms with Gasteiger partial charge in [0.2, 0.25) is 0 Å². The van der Waals surface area contributed by atoms with Gasteiger partial charge in [-0.05, 0) is 47.5 Å². The summed E-state index contributed by atoms with van der Waals surface area (Å²) in [5, 5.41) is 11.2. The summed E-state index contributed by atoms with van der Waals surface area (Å²) in [7, 11) is 0. The van der Waals surface area contributed by atoms with Crippen LogP contribution in [0.3, 0.4) is 0 Å². The molecule has 7 aromatic carbocycles. The molecule has 0 bridgehead atoms. The molecule has 0 saturated heterocycles. The lowest BCUT2D eigenvalue weighted by Crippen LogP contribution is -2.00. The lowest BCUT2D eigenvalue weighted by atomic mass is 10.0.